The van der Waals surface area contributed by atoms with Crippen LogP contribution < -0.4 is 10.0 Å². The first-order valence-corrected chi connectivity index (χ1v) is 10.9. The highest BCUT2D eigenvalue weighted by Gasteiger charge is 2.25. The van der Waals surface area contributed by atoms with E-state index in [2.05, 4.69) is 10.0 Å². The topological polar surface area (TPSA) is 95.6 Å². The standard InChI is InChI=1S/C18H25F2N3O4S/c1-2-11-28(26,27)22-14-6-9-23(10-7-14)17(24)5-8-21-18(25)15-4-3-13(19)12-16(15)20/h3-4,12,14,22H,2,5-11H2,1H3,(H,21,25). The average molecular weight is 417 g/mol. The van der Waals surface area contributed by atoms with Gasteiger partial charge in [0.05, 0.1) is 11.3 Å². The van der Waals surface area contributed by atoms with Crippen LogP contribution in [-0.2, 0) is 14.8 Å². The second-order valence-corrected chi connectivity index (χ2v) is 8.60. The Balaban J connectivity index is 1.73. The molecule has 28 heavy (non-hydrogen) atoms. The van der Waals surface area contributed by atoms with Crippen molar-refractivity contribution >= 4 is 21.8 Å². The van der Waals surface area contributed by atoms with E-state index in [1.54, 1.807) is 11.8 Å². The Morgan fingerprint density at radius 2 is 1.89 bits per heavy atom. The van der Waals surface area contributed by atoms with Gasteiger partial charge in [0, 0.05) is 38.2 Å². The first-order chi connectivity index (χ1) is 13.2. The molecule has 0 atom stereocenters. The number of carbonyl (C=O) groups excluding carboxylic acids is 2. The molecule has 1 aliphatic rings. The van der Waals surface area contributed by atoms with Crippen molar-refractivity contribution in [1.29, 1.82) is 0 Å². The van der Waals surface area contributed by atoms with E-state index in [1.165, 1.54) is 0 Å². The van der Waals surface area contributed by atoms with Crippen LogP contribution in [0.1, 0.15) is 43.0 Å². The lowest BCUT2D eigenvalue weighted by Gasteiger charge is -2.32. The summed E-state index contributed by atoms with van der Waals surface area (Å²) in [7, 11) is -3.28. The summed E-state index contributed by atoms with van der Waals surface area (Å²) in [4.78, 5) is 25.8. The molecule has 0 aromatic heterocycles. The Hall–Kier alpha value is -2.07. The monoisotopic (exact) mass is 417 g/mol. The first-order valence-electron chi connectivity index (χ1n) is 9.23. The fourth-order valence-corrected chi connectivity index (χ4v) is 4.44. The summed E-state index contributed by atoms with van der Waals surface area (Å²) in [5.41, 5.74) is -0.283. The summed E-state index contributed by atoms with van der Waals surface area (Å²) >= 11 is 0. The summed E-state index contributed by atoms with van der Waals surface area (Å²) in [6, 6.07) is 2.48. The highest BCUT2D eigenvalue weighted by atomic mass is 32.2. The molecule has 1 fully saturated rings. The van der Waals surface area contributed by atoms with Gasteiger partial charge < -0.3 is 10.2 Å². The van der Waals surface area contributed by atoms with E-state index in [0.717, 1.165) is 12.1 Å². The highest BCUT2D eigenvalue weighted by Crippen LogP contribution is 2.13. The van der Waals surface area contributed by atoms with Crippen LogP contribution in [0.3, 0.4) is 0 Å². The number of rotatable bonds is 8. The SMILES string of the molecule is CCCS(=O)(=O)NC1CCN(C(=O)CCNC(=O)c2ccc(F)cc2F)CC1. The number of halogens is 2. The second kappa shape index (κ2) is 9.92. The predicted molar refractivity (Wildman–Crippen MR) is 100 cm³/mol. The number of nitrogens with zero attached hydrogens (tertiary/aromatic N) is 1. The zero-order valence-corrected chi connectivity index (χ0v) is 16.5. The number of benzene rings is 1. The number of sulfonamides is 1. The molecule has 10 heteroatoms. The molecule has 0 radical (unpaired) electrons. The van der Waals surface area contributed by atoms with Gasteiger partial charge in [0.1, 0.15) is 11.6 Å². The smallest absolute Gasteiger partial charge is 0.254 e. The van der Waals surface area contributed by atoms with Crippen LogP contribution in [0.4, 0.5) is 8.78 Å². The van der Waals surface area contributed by atoms with Gasteiger partial charge in [0.25, 0.3) is 5.91 Å². The van der Waals surface area contributed by atoms with Crippen molar-refractivity contribution in [3.05, 3.63) is 35.4 Å². The third-order valence-electron chi connectivity index (χ3n) is 4.47. The van der Waals surface area contributed by atoms with Gasteiger partial charge in [-0.2, -0.15) is 0 Å². The minimum absolute atomic E-state index is 0.0253. The van der Waals surface area contributed by atoms with Crippen LogP contribution in [0.25, 0.3) is 0 Å². The maximum Gasteiger partial charge on any atom is 0.254 e. The Bertz CT molecular complexity index is 809. The Morgan fingerprint density at radius 3 is 2.50 bits per heavy atom. The summed E-state index contributed by atoms with van der Waals surface area (Å²) in [5, 5.41) is 2.44. The molecule has 156 valence electrons. The predicted octanol–water partition coefficient (Wildman–Crippen LogP) is 1.41. The summed E-state index contributed by atoms with van der Waals surface area (Å²) < 4.78 is 52.7. The quantitative estimate of drug-likeness (QED) is 0.669. The van der Waals surface area contributed by atoms with Gasteiger partial charge in [0.15, 0.2) is 0 Å². The maximum absolute atomic E-state index is 13.6. The Morgan fingerprint density at radius 1 is 1.21 bits per heavy atom. The third-order valence-corrected chi connectivity index (χ3v) is 6.11. The van der Waals surface area contributed by atoms with Crippen molar-refractivity contribution in [2.45, 2.75) is 38.6 Å². The van der Waals surface area contributed by atoms with Crippen molar-refractivity contribution in [2.75, 3.05) is 25.4 Å². The minimum atomic E-state index is -3.28. The Labute approximate surface area is 163 Å². The van der Waals surface area contributed by atoms with E-state index in [1.807, 2.05) is 0 Å². The molecule has 1 aromatic carbocycles. The molecule has 2 N–H and O–H groups in total. The number of piperidine rings is 1. The largest absolute Gasteiger partial charge is 0.351 e. The van der Waals surface area contributed by atoms with Gasteiger partial charge in [-0.15, -0.1) is 0 Å². The molecule has 0 saturated carbocycles. The van der Waals surface area contributed by atoms with Gasteiger partial charge in [-0.25, -0.2) is 21.9 Å². The molecule has 2 rings (SSSR count). The van der Waals surface area contributed by atoms with Crippen molar-refractivity contribution in [2.24, 2.45) is 0 Å². The van der Waals surface area contributed by atoms with Gasteiger partial charge in [-0.3, -0.25) is 9.59 Å². The van der Waals surface area contributed by atoms with Crippen molar-refractivity contribution in [3.8, 4) is 0 Å². The second-order valence-electron chi connectivity index (χ2n) is 6.72. The van der Waals surface area contributed by atoms with Crippen LogP contribution in [0, 0.1) is 11.6 Å². The van der Waals surface area contributed by atoms with Crippen molar-refractivity contribution in [1.82, 2.24) is 14.9 Å². The first kappa shape index (κ1) is 22.2. The normalized spacial score (nSPS) is 15.5. The lowest BCUT2D eigenvalue weighted by Crippen LogP contribution is -2.47. The minimum Gasteiger partial charge on any atom is -0.351 e. The average Bonchev–Trinajstić information content (AvgIpc) is 2.61. The summed E-state index contributed by atoms with van der Waals surface area (Å²) in [5.74, 6) is -2.54. The van der Waals surface area contributed by atoms with Crippen LogP contribution >= 0.6 is 0 Å². The molecular formula is C18H25F2N3O4S. The van der Waals surface area contributed by atoms with Gasteiger partial charge >= 0.3 is 0 Å². The molecule has 1 heterocycles. The number of carbonyl (C=O) groups is 2. The zero-order valence-electron chi connectivity index (χ0n) is 15.7. The Kier molecular flexibility index (Phi) is 7.88. The number of hydrogen-bond acceptors (Lipinski definition) is 4. The summed E-state index contributed by atoms with van der Waals surface area (Å²) in [6.07, 6.45) is 1.64. The molecule has 2 amide bonds. The van der Waals surface area contributed by atoms with Gasteiger partial charge in [-0.1, -0.05) is 6.92 Å². The fraction of sp³-hybridized carbons (Fsp3) is 0.556. The summed E-state index contributed by atoms with van der Waals surface area (Å²) in [6.45, 7) is 2.68. The molecule has 0 bridgehead atoms. The van der Waals surface area contributed by atoms with E-state index in [-0.39, 0.29) is 36.2 Å². The number of nitrogens with one attached hydrogen (secondary N) is 2. The van der Waals surface area contributed by atoms with Crippen LogP contribution in [-0.4, -0.2) is 56.6 Å². The number of amides is 2. The van der Waals surface area contributed by atoms with E-state index < -0.39 is 27.6 Å². The number of hydrogen-bond donors (Lipinski definition) is 2. The van der Waals surface area contributed by atoms with Gasteiger partial charge in [-0.05, 0) is 31.4 Å². The molecule has 0 spiro atoms. The molecule has 1 saturated heterocycles. The van der Waals surface area contributed by atoms with E-state index in [4.69, 9.17) is 0 Å². The molecule has 1 aliphatic heterocycles. The molecule has 0 unspecified atom stereocenters. The van der Waals surface area contributed by atoms with E-state index in [9.17, 15) is 26.8 Å². The maximum atomic E-state index is 13.6. The van der Waals surface area contributed by atoms with Gasteiger partial charge in [0.2, 0.25) is 15.9 Å². The molecule has 1 aromatic rings. The highest BCUT2D eigenvalue weighted by molar-refractivity contribution is 7.89. The van der Waals surface area contributed by atoms with Crippen LogP contribution in [0.5, 0.6) is 0 Å². The zero-order chi connectivity index (χ0) is 20.7. The third kappa shape index (κ3) is 6.52. The lowest BCUT2D eigenvalue weighted by molar-refractivity contribution is -0.132. The van der Waals surface area contributed by atoms with Crippen molar-refractivity contribution < 1.29 is 26.8 Å². The molecule has 7 nitrogen and oxygen atoms in total. The lowest BCUT2D eigenvalue weighted by atomic mass is 10.1. The fourth-order valence-electron chi connectivity index (χ4n) is 3.04. The molecular weight excluding hydrogens is 392 g/mol. The van der Waals surface area contributed by atoms with Crippen molar-refractivity contribution in [3.63, 3.8) is 0 Å². The van der Waals surface area contributed by atoms with E-state index in [0.29, 0.717) is 38.4 Å². The van der Waals surface area contributed by atoms with Crippen LogP contribution in [0.15, 0.2) is 18.2 Å². The van der Waals surface area contributed by atoms with Crippen LogP contribution in [0.2, 0.25) is 0 Å². The number of likely N-dealkylation sites (tertiary alicyclic amines) is 1. The molecule has 0 aliphatic carbocycles. The van der Waals surface area contributed by atoms with E-state index >= 15 is 0 Å².